The first kappa shape index (κ1) is 12.5. The Labute approximate surface area is 94.5 Å². The van der Waals surface area contributed by atoms with Gasteiger partial charge in [-0.3, -0.25) is 4.79 Å². The molecule has 0 heterocycles. The Bertz CT molecular complexity index is 367. The zero-order chi connectivity index (χ0) is 12.3. The van der Waals surface area contributed by atoms with Crippen LogP contribution in [-0.4, -0.2) is 23.3 Å². The van der Waals surface area contributed by atoms with Crippen LogP contribution in [0, 0.1) is 5.41 Å². The van der Waals surface area contributed by atoms with Gasteiger partial charge in [0.15, 0.2) is 0 Å². The summed E-state index contributed by atoms with van der Waals surface area (Å²) >= 11 is 0. The first-order valence-corrected chi connectivity index (χ1v) is 4.95. The van der Waals surface area contributed by atoms with Gasteiger partial charge in [-0.25, -0.2) is 0 Å². The Kier molecular flexibility index (Phi) is 3.55. The van der Waals surface area contributed by atoms with Crippen molar-refractivity contribution >= 4 is 5.97 Å². The minimum atomic E-state index is -1.02. The molecule has 2 N–H and O–H groups in total. The summed E-state index contributed by atoms with van der Waals surface area (Å²) < 4.78 is 4.63. The average Bonchev–Trinajstić information content (AvgIpc) is 2.28. The van der Waals surface area contributed by atoms with Gasteiger partial charge in [-0.05, 0) is 31.5 Å². The summed E-state index contributed by atoms with van der Waals surface area (Å²) in [5.41, 5.74) is -0.459. The Balaban J connectivity index is 2.97. The molecule has 0 aliphatic carbocycles. The van der Waals surface area contributed by atoms with E-state index in [-0.39, 0.29) is 5.75 Å². The number of phenols is 1. The van der Waals surface area contributed by atoms with Crippen LogP contribution in [0.15, 0.2) is 24.3 Å². The molecule has 88 valence electrons. The number of aliphatic hydroxyl groups excluding tert-OH is 1. The minimum Gasteiger partial charge on any atom is -0.508 e. The van der Waals surface area contributed by atoms with E-state index in [1.165, 1.54) is 19.2 Å². The number of carbonyl (C=O) groups is 1. The Morgan fingerprint density at radius 2 is 1.81 bits per heavy atom. The number of ether oxygens (including phenoxy) is 1. The minimum absolute atomic E-state index is 0.117. The molecule has 0 aromatic heterocycles. The standard InChI is InChI=1S/C12H16O4/c1-12(2,11(15)16-3)10(14)8-4-6-9(13)7-5-8/h4-7,10,13-14H,1-3H3. The number of hydrogen-bond acceptors (Lipinski definition) is 4. The maximum absolute atomic E-state index is 11.5. The van der Waals surface area contributed by atoms with Gasteiger partial charge in [-0.2, -0.15) is 0 Å². The van der Waals surface area contributed by atoms with Crippen molar-refractivity contribution in [2.24, 2.45) is 5.41 Å². The van der Waals surface area contributed by atoms with Gasteiger partial charge in [0.05, 0.1) is 18.6 Å². The van der Waals surface area contributed by atoms with Gasteiger partial charge < -0.3 is 14.9 Å². The fourth-order valence-electron chi connectivity index (χ4n) is 1.45. The van der Waals surface area contributed by atoms with E-state index >= 15 is 0 Å². The van der Waals surface area contributed by atoms with Gasteiger partial charge in [-0.1, -0.05) is 12.1 Å². The third-order valence-electron chi connectivity index (χ3n) is 2.60. The molecular weight excluding hydrogens is 208 g/mol. The highest BCUT2D eigenvalue weighted by Crippen LogP contribution is 2.34. The van der Waals surface area contributed by atoms with E-state index in [0.29, 0.717) is 5.56 Å². The van der Waals surface area contributed by atoms with Crippen molar-refractivity contribution in [1.82, 2.24) is 0 Å². The Morgan fingerprint density at radius 1 is 1.31 bits per heavy atom. The average molecular weight is 224 g/mol. The lowest BCUT2D eigenvalue weighted by Gasteiger charge is -2.27. The van der Waals surface area contributed by atoms with Crippen LogP contribution in [0.3, 0.4) is 0 Å². The van der Waals surface area contributed by atoms with Crippen LogP contribution in [-0.2, 0) is 9.53 Å². The van der Waals surface area contributed by atoms with Gasteiger partial charge in [0.2, 0.25) is 0 Å². The number of benzene rings is 1. The second-order valence-electron chi connectivity index (χ2n) is 4.21. The maximum Gasteiger partial charge on any atom is 0.314 e. The predicted molar refractivity (Wildman–Crippen MR) is 58.9 cm³/mol. The molecule has 0 spiro atoms. The first-order valence-electron chi connectivity index (χ1n) is 4.95. The zero-order valence-corrected chi connectivity index (χ0v) is 9.60. The monoisotopic (exact) mass is 224 g/mol. The largest absolute Gasteiger partial charge is 0.508 e. The number of aliphatic hydroxyl groups is 1. The van der Waals surface area contributed by atoms with Crippen LogP contribution in [0.2, 0.25) is 0 Å². The van der Waals surface area contributed by atoms with E-state index in [0.717, 1.165) is 0 Å². The third kappa shape index (κ3) is 2.33. The summed E-state index contributed by atoms with van der Waals surface area (Å²) in [6, 6.07) is 6.08. The molecule has 1 aromatic rings. The predicted octanol–water partition coefficient (Wildman–Crippen LogP) is 1.62. The van der Waals surface area contributed by atoms with E-state index in [1.54, 1.807) is 26.0 Å². The van der Waals surface area contributed by atoms with Gasteiger partial charge in [-0.15, -0.1) is 0 Å². The van der Waals surface area contributed by atoms with E-state index in [1.807, 2.05) is 0 Å². The van der Waals surface area contributed by atoms with Crippen LogP contribution in [0.4, 0.5) is 0 Å². The molecule has 0 saturated heterocycles. The number of rotatable bonds is 3. The van der Waals surface area contributed by atoms with Crippen molar-refractivity contribution in [3.63, 3.8) is 0 Å². The van der Waals surface area contributed by atoms with Gasteiger partial charge in [0.25, 0.3) is 0 Å². The lowest BCUT2D eigenvalue weighted by Crippen LogP contribution is -2.32. The van der Waals surface area contributed by atoms with Crippen molar-refractivity contribution < 1.29 is 19.7 Å². The Hall–Kier alpha value is -1.55. The van der Waals surface area contributed by atoms with Crippen molar-refractivity contribution in [2.45, 2.75) is 20.0 Å². The molecule has 1 unspecified atom stereocenters. The van der Waals surface area contributed by atoms with Crippen LogP contribution in [0.25, 0.3) is 0 Å². The summed E-state index contributed by atoms with van der Waals surface area (Å²) in [5, 5.41) is 19.2. The lowest BCUT2D eigenvalue weighted by atomic mass is 9.83. The smallest absolute Gasteiger partial charge is 0.314 e. The number of methoxy groups -OCH3 is 1. The SMILES string of the molecule is COC(=O)C(C)(C)C(O)c1ccc(O)cc1. The fourth-order valence-corrected chi connectivity index (χ4v) is 1.45. The maximum atomic E-state index is 11.5. The molecule has 4 nitrogen and oxygen atoms in total. The molecule has 0 fully saturated rings. The fraction of sp³-hybridized carbons (Fsp3) is 0.417. The van der Waals surface area contributed by atoms with E-state index in [9.17, 15) is 9.90 Å². The summed E-state index contributed by atoms with van der Waals surface area (Å²) in [6.45, 7) is 3.21. The number of hydrogen-bond donors (Lipinski definition) is 2. The molecular formula is C12H16O4. The molecule has 1 rings (SSSR count). The topological polar surface area (TPSA) is 66.8 Å². The van der Waals surface area contributed by atoms with E-state index in [4.69, 9.17) is 5.11 Å². The molecule has 0 aliphatic heterocycles. The van der Waals surface area contributed by atoms with Crippen LogP contribution in [0.5, 0.6) is 5.75 Å². The van der Waals surface area contributed by atoms with Crippen LogP contribution >= 0.6 is 0 Å². The number of esters is 1. The molecule has 0 radical (unpaired) electrons. The zero-order valence-electron chi connectivity index (χ0n) is 9.60. The summed E-state index contributed by atoms with van der Waals surface area (Å²) in [4.78, 5) is 11.5. The molecule has 0 saturated carbocycles. The molecule has 1 atom stereocenters. The normalized spacial score (nSPS) is 13.2. The number of aromatic hydroxyl groups is 1. The van der Waals surface area contributed by atoms with Crippen LogP contribution < -0.4 is 0 Å². The number of carbonyl (C=O) groups excluding carboxylic acids is 1. The van der Waals surface area contributed by atoms with Crippen molar-refractivity contribution in [1.29, 1.82) is 0 Å². The lowest BCUT2D eigenvalue weighted by molar-refractivity contribution is -0.157. The second kappa shape index (κ2) is 4.53. The quantitative estimate of drug-likeness (QED) is 0.766. The van der Waals surface area contributed by atoms with Crippen molar-refractivity contribution in [3.8, 4) is 5.75 Å². The van der Waals surface area contributed by atoms with Crippen molar-refractivity contribution in [2.75, 3.05) is 7.11 Å². The van der Waals surface area contributed by atoms with Crippen molar-refractivity contribution in [3.05, 3.63) is 29.8 Å². The van der Waals surface area contributed by atoms with E-state index < -0.39 is 17.5 Å². The molecule has 1 aromatic carbocycles. The van der Waals surface area contributed by atoms with Gasteiger partial charge in [0, 0.05) is 0 Å². The molecule has 0 bridgehead atoms. The van der Waals surface area contributed by atoms with Gasteiger partial charge in [0.1, 0.15) is 5.75 Å². The second-order valence-corrected chi connectivity index (χ2v) is 4.21. The highest BCUT2D eigenvalue weighted by atomic mass is 16.5. The Morgan fingerprint density at radius 3 is 2.25 bits per heavy atom. The summed E-state index contributed by atoms with van der Waals surface area (Å²) in [7, 11) is 1.29. The van der Waals surface area contributed by atoms with Crippen LogP contribution in [0.1, 0.15) is 25.5 Å². The molecule has 16 heavy (non-hydrogen) atoms. The van der Waals surface area contributed by atoms with Gasteiger partial charge >= 0.3 is 5.97 Å². The summed E-state index contributed by atoms with van der Waals surface area (Å²) in [6.07, 6.45) is -0.972. The highest BCUT2D eigenvalue weighted by Gasteiger charge is 2.37. The van der Waals surface area contributed by atoms with E-state index in [2.05, 4.69) is 4.74 Å². The third-order valence-corrected chi connectivity index (χ3v) is 2.60. The summed E-state index contributed by atoms with van der Waals surface area (Å²) in [5.74, 6) is -0.361. The molecule has 0 amide bonds. The first-order chi connectivity index (χ1) is 7.39. The molecule has 4 heteroatoms. The molecule has 0 aliphatic rings. The highest BCUT2D eigenvalue weighted by molar-refractivity contribution is 5.76. The number of phenolic OH excluding ortho intramolecular Hbond substituents is 1.